The van der Waals surface area contributed by atoms with Crippen molar-refractivity contribution >= 4 is 17.3 Å². The van der Waals surface area contributed by atoms with Crippen molar-refractivity contribution in [3.05, 3.63) is 28.8 Å². The third-order valence-corrected chi connectivity index (χ3v) is 4.38. The van der Waals surface area contributed by atoms with E-state index in [-0.39, 0.29) is 16.8 Å². The molecule has 1 saturated heterocycles. The van der Waals surface area contributed by atoms with E-state index >= 15 is 0 Å². The highest BCUT2D eigenvalue weighted by Gasteiger charge is 2.34. The summed E-state index contributed by atoms with van der Waals surface area (Å²) >= 11 is 5.69. The molecule has 2 rings (SSSR count). The van der Waals surface area contributed by atoms with Gasteiger partial charge in [-0.3, -0.25) is 0 Å². The van der Waals surface area contributed by atoms with Crippen LogP contribution in [-0.2, 0) is 6.18 Å². The first-order chi connectivity index (χ1) is 9.77. The molecule has 1 N–H and O–H groups in total. The molecule has 1 aliphatic heterocycles. The predicted molar refractivity (Wildman–Crippen MR) is 79.8 cm³/mol. The molecule has 0 radical (unpaired) electrons. The van der Waals surface area contributed by atoms with E-state index in [1.165, 1.54) is 12.1 Å². The fourth-order valence-electron chi connectivity index (χ4n) is 2.77. The van der Waals surface area contributed by atoms with Crippen LogP contribution in [0.1, 0.15) is 25.3 Å². The molecule has 1 aliphatic rings. The second-order valence-electron chi connectivity index (χ2n) is 5.76. The Morgan fingerprint density at radius 1 is 1.29 bits per heavy atom. The second-order valence-corrected chi connectivity index (χ2v) is 6.20. The van der Waals surface area contributed by atoms with E-state index in [4.69, 9.17) is 11.6 Å². The van der Waals surface area contributed by atoms with Crippen molar-refractivity contribution in [3.8, 4) is 0 Å². The first kappa shape index (κ1) is 16.4. The molecule has 6 heteroatoms. The van der Waals surface area contributed by atoms with Crippen LogP contribution in [0.3, 0.4) is 0 Å². The lowest BCUT2D eigenvalue weighted by Gasteiger charge is -2.34. The van der Waals surface area contributed by atoms with Crippen LogP contribution in [0, 0.1) is 5.92 Å². The van der Waals surface area contributed by atoms with Gasteiger partial charge in [-0.05, 0) is 64.0 Å². The fourth-order valence-corrected chi connectivity index (χ4v) is 2.94. The SMILES string of the molecule is CC(Nc1ccc(Cl)cc1C(F)(F)F)C1CCN(C)CC1. The second kappa shape index (κ2) is 6.44. The van der Waals surface area contributed by atoms with Crippen LogP contribution in [0.5, 0.6) is 0 Å². The predicted octanol–water partition coefficient (Wildman–Crippen LogP) is 4.50. The van der Waals surface area contributed by atoms with Crippen molar-refractivity contribution in [1.29, 1.82) is 0 Å². The largest absolute Gasteiger partial charge is 0.418 e. The lowest BCUT2D eigenvalue weighted by molar-refractivity contribution is -0.137. The highest BCUT2D eigenvalue weighted by molar-refractivity contribution is 6.30. The minimum atomic E-state index is -4.40. The molecule has 2 nitrogen and oxygen atoms in total. The number of hydrogen-bond acceptors (Lipinski definition) is 2. The van der Waals surface area contributed by atoms with E-state index in [1.807, 2.05) is 6.92 Å². The first-order valence-corrected chi connectivity index (χ1v) is 7.47. The zero-order valence-corrected chi connectivity index (χ0v) is 12.9. The maximum Gasteiger partial charge on any atom is 0.418 e. The van der Waals surface area contributed by atoms with Crippen LogP contribution in [0.15, 0.2) is 18.2 Å². The number of piperidine rings is 1. The Morgan fingerprint density at radius 3 is 2.48 bits per heavy atom. The van der Waals surface area contributed by atoms with E-state index in [1.54, 1.807) is 0 Å². The van der Waals surface area contributed by atoms with Gasteiger partial charge >= 0.3 is 6.18 Å². The molecule has 0 saturated carbocycles. The summed E-state index contributed by atoms with van der Waals surface area (Å²) in [5, 5.41) is 3.13. The molecule has 1 heterocycles. The van der Waals surface area contributed by atoms with Crippen LogP contribution >= 0.6 is 11.6 Å². The molecule has 21 heavy (non-hydrogen) atoms. The molecular formula is C15H20ClF3N2. The zero-order valence-electron chi connectivity index (χ0n) is 12.2. The Labute approximate surface area is 128 Å². The molecule has 0 bridgehead atoms. The topological polar surface area (TPSA) is 15.3 Å². The van der Waals surface area contributed by atoms with Gasteiger partial charge in [-0.2, -0.15) is 13.2 Å². The van der Waals surface area contributed by atoms with Crippen molar-refractivity contribution in [2.75, 3.05) is 25.5 Å². The number of likely N-dealkylation sites (tertiary alicyclic amines) is 1. The Hall–Kier alpha value is -0.940. The van der Waals surface area contributed by atoms with Crippen molar-refractivity contribution in [2.45, 2.75) is 32.0 Å². The number of nitrogens with zero attached hydrogens (tertiary/aromatic N) is 1. The fraction of sp³-hybridized carbons (Fsp3) is 0.600. The first-order valence-electron chi connectivity index (χ1n) is 7.09. The van der Waals surface area contributed by atoms with Gasteiger partial charge in [-0.25, -0.2) is 0 Å². The zero-order chi connectivity index (χ0) is 15.6. The molecule has 0 spiro atoms. The molecule has 0 amide bonds. The summed E-state index contributed by atoms with van der Waals surface area (Å²) in [5.41, 5.74) is -0.590. The summed E-state index contributed by atoms with van der Waals surface area (Å²) in [4.78, 5) is 2.24. The van der Waals surface area contributed by atoms with Gasteiger partial charge in [0.05, 0.1) is 5.56 Å². The number of rotatable bonds is 3. The highest BCUT2D eigenvalue weighted by Crippen LogP contribution is 2.37. The number of hydrogen-bond donors (Lipinski definition) is 1. The van der Waals surface area contributed by atoms with Crippen LogP contribution < -0.4 is 5.32 Å². The van der Waals surface area contributed by atoms with Gasteiger partial charge in [0.1, 0.15) is 0 Å². The molecule has 1 aromatic carbocycles. The van der Waals surface area contributed by atoms with E-state index in [0.29, 0.717) is 5.92 Å². The Morgan fingerprint density at radius 2 is 1.90 bits per heavy atom. The summed E-state index contributed by atoms with van der Waals surface area (Å²) in [5.74, 6) is 0.387. The summed E-state index contributed by atoms with van der Waals surface area (Å²) < 4.78 is 39.2. The van der Waals surface area contributed by atoms with Gasteiger partial charge < -0.3 is 10.2 Å². The Kier molecular flexibility index (Phi) is 5.04. The monoisotopic (exact) mass is 320 g/mol. The highest BCUT2D eigenvalue weighted by atomic mass is 35.5. The summed E-state index contributed by atoms with van der Waals surface area (Å²) in [6.07, 6.45) is -2.40. The van der Waals surface area contributed by atoms with E-state index < -0.39 is 11.7 Å². The molecule has 1 fully saturated rings. The molecule has 118 valence electrons. The average Bonchev–Trinajstić information content (AvgIpc) is 2.40. The van der Waals surface area contributed by atoms with Gasteiger partial charge in [0, 0.05) is 16.8 Å². The smallest absolute Gasteiger partial charge is 0.382 e. The van der Waals surface area contributed by atoms with Crippen molar-refractivity contribution in [3.63, 3.8) is 0 Å². The lowest BCUT2D eigenvalue weighted by Crippen LogP contribution is -2.37. The Balaban J connectivity index is 2.12. The molecular weight excluding hydrogens is 301 g/mol. The standard InChI is InChI=1S/C15H20ClF3N2/c1-10(11-5-7-21(2)8-6-11)20-14-4-3-12(16)9-13(14)15(17,18)19/h3-4,9-11,20H,5-8H2,1-2H3. The van der Waals surface area contributed by atoms with Crippen molar-refractivity contribution in [2.24, 2.45) is 5.92 Å². The maximum atomic E-state index is 13.1. The van der Waals surface area contributed by atoms with Gasteiger partial charge in [-0.1, -0.05) is 11.6 Å². The van der Waals surface area contributed by atoms with Crippen molar-refractivity contribution in [1.82, 2.24) is 4.90 Å². The molecule has 0 aromatic heterocycles. The minimum absolute atomic E-state index is 0.000903. The molecule has 1 atom stereocenters. The summed E-state index contributed by atoms with van der Waals surface area (Å²) in [6, 6.07) is 3.88. The minimum Gasteiger partial charge on any atom is -0.382 e. The van der Waals surface area contributed by atoms with Crippen LogP contribution in [-0.4, -0.2) is 31.1 Å². The van der Waals surface area contributed by atoms with Crippen LogP contribution in [0.25, 0.3) is 0 Å². The molecule has 1 unspecified atom stereocenters. The van der Waals surface area contributed by atoms with Crippen LogP contribution in [0.2, 0.25) is 5.02 Å². The van der Waals surface area contributed by atoms with E-state index in [9.17, 15) is 13.2 Å². The number of anilines is 1. The maximum absolute atomic E-state index is 13.1. The lowest BCUT2D eigenvalue weighted by atomic mass is 9.90. The third-order valence-electron chi connectivity index (χ3n) is 4.14. The average molecular weight is 321 g/mol. The molecule has 0 aliphatic carbocycles. The van der Waals surface area contributed by atoms with Crippen molar-refractivity contribution < 1.29 is 13.2 Å². The van der Waals surface area contributed by atoms with Gasteiger partial charge in [0.15, 0.2) is 0 Å². The third kappa shape index (κ3) is 4.27. The number of nitrogens with one attached hydrogen (secondary N) is 1. The number of halogens is 4. The van der Waals surface area contributed by atoms with E-state index in [2.05, 4.69) is 17.3 Å². The van der Waals surface area contributed by atoms with Gasteiger partial charge in [0.2, 0.25) is 0 Å². The number of benzene rings is 1. The summed E-state index contributed by atoms with van der Waals surface area (Å²) in [6.45, 7) is 3.93. The number of alkyl halides is 3. The van der Waals surface area contributed by atoms with Gasteiger partial charge in [0.25, 0.3) is 0 Å². The molecule has 1 aromatic rings. The Bertz CT molecular complexity index is 482. The van der Waals surface area contributed by atoms with Gasteiger partial charge in [-0.15, -0.1) is 0 Å². The summed E-state index contributed by atoms with van der Waals surface area (Å²) in [7, 11) is 2.06. The normalized spacial score (nSPS) is 19.5. The van der Waals surface area contributed by atoms with Crippen LogP contribution in [0.4, 0.5) is 18.9 Å². The quantitative estimate of drug-likeness (QED) is 0.882. The van der Waals surface area contributed by atoms with E-state index in [0.717, 1.165) is 32.0 Å².